The van der Waals surface area contributed by atoms with Gasteiger partial charge in [0.05, 0.1) is 0 Å². The molecule has 17 heavy (non-hydrogen) atoms. The summed E-state index contributed by atoms with van der Waals surface area (Å²) in [4.78, 5) is 3.33. The SMILES string of the molecule is FC(F)(F)c1nccn1Cc1ccc(Br)cc1. The molecule has 0 bridgehead atoms. The van der Waals surface area contributed by atoms with Crippen molar-refractivity contribution in [3.63, 3.8) is 0 Å². The standard InChI is InChI=1S/C11H8BrF3N2/c12-9-3-1-8(2-4-9)7-17-6-5-16-10(17)11(13,14)15/h1-6H,7H2. The van der Waals surface area contributed by atoms with Gasteiger partial charge in [-0.2, -0.15) is 13.2 Å². The molecule has 0 fully saturated rings. The van der Waals surface area contributed by atoms with Gasteiger partial charge in [-0.1, -0.05) is 28.1 Å². The molecule has 0 aliphatic heterocycles. The van der Waals surface area contributed by atoms with Gasteiger partial charge in [-0.25, -0.2) is 4.98 Å². The zero-order chi connectivity index (χ0) is 12.5. The Kier molecular flexibility index (Phi) is 3.24. The fourth-order valence-electron chi connectivity index (χ4n) is 1.48. The molecule has 0 saturated heterocycles. The Morgan fingerprint density at radius 2 is 1.82 bits per heavy atom. The maximum absolute atomic E-state index is 12.6. The Morgan fingerprint density at radius 3 is 2.41 bits per heavy atom. The van der Waals surface area contributed by atoms with Crippen molar-refractivity contribution >= 4 is 15.9 Å². The second-order valence-corrected chi connectivity index (χ2v) is 4.42. The molecule has 0 aliphatic rings. The maximum atomic E-state index is 12.6. The number of alkyl halides is 3. The normalized spacial score (nSPS) is 11.8. The predicted molar refractivity (Wildman–Crippen MR) is 60.5 cm³/mol. The van der Waals surface area contributed by atoms with Gasteiger partial charge >= 0.3 is 6.18 Å². The molecule has 1 heterocycles. The minimum absolute atomic E-state index is 0.155. The van der Waals surface area contributed by atoms with Crippen LogP contribution in [0.1, 0.15) is 11.4 Å². The van der Waals surface area contributed by atoms with E-state index in [1.54, 1.807) is 24.3 Å². The van der Waals surface area contributed by atoms with Gasteiger partial charge in [-0.3, -0.25) is 0 Å². The van der Waals surface area contributed by atoms with Crippen molar-refractivity contribution in [1.82, 2.24) is 9.55 Å². The van der Waals surface area contributed by atoms with Crippen LogP contribution in [-0.4, -0.2) is 9.55 Å². The van der Waals surface area contributed by atoms with Crippen LogP contribution in [0, 0.1) is 0 Å². The molecule has 6 heteroatoms. The van der Waals surface area contributed by atoms with Crippen LogP contribution >= 0.6 is 15.9 Å². The number of halogens is 4. The summed E-state index contributed by atoms with van der Waals surface area (Å²) in [5, 5.41) is 0. The van der Waals surface area contributed by atoms with Gasteiger partial charge < -0.3 is 4.57 Å². The summed E-state index contributed by atoms with van der Waals surface area (Å²) in [6, 6.07) is 7.12. The second kappa shape index (κ2) is 4.52. The molecule has 2 rings (SSSR count). The summed E-state index contributed by atoms with van der Waals surface area (Å²) in [7, 11) is 0. The van der Waals surface area contributed by atoms with E-state index in [-0.39, 0.29) is 6.54 Å². The smallest absolute Gasteiger partial charge is 0.323 e. The second-order valence-electron chi connectivity index (χ2n) is 3.50. The Bertz CT molecular complexity index is 502. The van der Waals surface area contributed by atoms with E-state index in [4.69, 9.17) is 0 Å². The molecule has 90 valence electrons. The molecule has 0 saturated carbocycles. The number of nitrogens with zero attached hydrogens (tertiary/aromatic N) is 2. The van der Waals surface area contributed by atoms with Crippen LogP contribution < -0.4 is 0 Å². The van der Waals surface area contributed by atoms with Crippen LogP contribution in [0.3, 0.4) is 0 Å². The van der Waals surface area contributed by atoms with Gasteiger partial charge in [-0.15, -0.1) is 0 Å². The van der Waals surface area contributed by atoms with Crippen molar-refractivity contribution < 1.29 is 13.2 Å². The third-order valence-corrected chi connectivity index (χ3v) is 2.76. The molecule has 2 nitrogen and oxygen atoms in total. The average Bonchev–Trinajstić information content (AvgIpc) is 2.69. The number of hydrogen-bond donors (Lipinski definition) is 0. The summed E-state index contributed by atoms with van der Waals surface area (Å²) in [5.74, 6) is -0.875. The molecule has 2 aromatic rings. The number of benzene rings is 1. The van der Waals surface area contributed by atoms with Gasteiger partial charge in [0.15, 0.2) is 0 Å². The lowest BCUT2D eigenvalue weighted by atomic mass is 10.2. The lowest BCUT2D eigenvalue weighted by Crippen LogP contribution is -2.15. The quantitative estimate of drug-likeness (QED) is 0.827. The molecule has 0 N–H and O–H groups in total. The van der Waals surface area contributed by atoms with Crippen molar-refractivity contribution in [2.24, 2.45) is 0 Å². The van der Waals surface area contributed by atoms with E-state index in [2.05, 4.69) is 20.9 Å². The van der Waals surface area contributed by atoms with Crippen LogP contribution in [0.4, 0.5) is 13.2 Å². The van der Waals surface area contributed by atoms with Gasteiger partial charge in [-0.05, 0) is 17.7 Å². The van der Waals surface area contributed by atoms with E-state index < -0.39 is 12.0 Å². The third-order valence-electron chi connectivity index (χ3n) is 2.24. The molecular weight excluding hydrogens is 297 g/mol. The lowest BCUT2D eigenvalue weighted by Gasteiger charge is -2.10. The first-order valence-electron chi connectivity index (χ1n) is 4.79. The number of aromatic nitrogens is 2. The molecule has 0 unspecified atom stereocenters. The third kappa shape index (κ3) is 2.88. The zero-order valence-electron chi connectivity index (χ0n) is 8.58. The summed E-state index contributed by atoms with van der Waals surface area (Å²) in [5.41, 5.74) is 0.789. The van der Waals surface area contributed by atoms with Crippen LogP contribution in [0.15, 0.2) is 41.1 Å². The molecule has 0 atom stereocenters. The molecule has 0 radical (unpaired) electrons. The van der Waals surface area contributed by atoms with E-state index >= 15 is 0 Å². The lowest BCUT2D eigenvalue weighted by molar-refractivity contribution is -0.147. The molecule has 1 aromatic carbocycles. The highest BCUT2D eigenvalue weighted by Crippen LogP contribution is 2.28. The summed E-state index contributed by atoms with van der Waals surface area (Å²) >= 11 is 3.27. The molecule has 0 amide bonds. The van der Waals surface area contributed by atoms with Crippen LogP contribution in [0.5, 0.6) is 0 Å². The van der Waals surface area contributed by atoms with Crippen molar-refractivity contribution in [3.8, 4) is 0 Å². The summed E-state index contributed by atoms with van der Waals surface area (Å²) in [6.45, 7) is 0.155. The highest BCUT2D eigenvalue weighted by molar-refractivity contribution is 9.10. The maximum Gasteiger partial charge on any atom is 0.449 e. The van der Waals surface area contributed by atoms with Gasteiger partial charge in [0.25, 0.3) is 0 Å². The van der Waals surface area contributed by atoms with E-state index in [1.807, 2.05) is 0 Å². The van der Waals surface area contributed by atoms with Gasteiger partial charge in [0.1, 0.15) is 0 Å². The van der Waals surface area contributed by atoms with E-state index in [0.29, 0.717) is 0 Å². The van der Waals surface area contributed by atoms with Gasteiger partial charge in [0.2, 0.25) is 5.82 Å². The van der Waals surface area contributed by atoms with Crippen molar-refractivity contribution in [3.05, 3.63) is 52.5 Å². The Hall–Kier alpha value is -1.30. The highest BCUT2D eigenvalue weighted by atomic mass is 79.9. The van der Waals surface area contributed by atoms with Crippen molar-refractivity contribution in [2.45, 2.75) is 12.7 Å². The first-order chi connectivity index (χ1) is 7.97. The monoisotopic (exact) mass is 304 g/mol. The topological polar surface area (TPSA) is 17.8 Å². The molecular formula is C11H8BrF3N2. The first-order valence-corrected chi connectivity index (χ1v) is 5.59. The minimum atomic E-state index is -4.42. The fourth-order valence-corrected chi connectivity index (χ4v) is 1.74. The zero-order valence-corrected chi connectivity index (χ0v) is 10.2. The van der Waals surface area contributed by atoms with Gasteiger partial charge in [0, 0.05) is 23.4 Å². The Morgan fingerprint density at radius 1 is 1.18 bits per heavy atom. The largest absolute Gasteiger partial charge is 0.449 e. The molecule has 1 aromatic heterocycles. The van der Waals surface area contributed by atoms with Crippen molar-refractivity contribution in [1.29, 1.82) is 0 Å². The highest BCUT2D eigenvalue weighted by Gasteiger charge is 2.35. The van der Waals surface area contributed by atoms with E-state index in [9.17, 15) is 13.2 Å². The predicted octanol–water partition coefficient (Wildman–Crippen LogP) is 3.71. The Labute approximate surface area is 104 Å². The molecule has 0 spiro atoms. The number of rotatable bonds is 2. The molecule has 0 aliphatic carbocycles. The van der Waals surface area contributed by atoms with Crippen LogP contribution in [0.25, 0.3) is 0 Å². The average molecular weight is 305 g/mol. The Balaban J connectivity index is 2.25. The number of imidazole rings is 1. The van der Waals surface area contributed by atoms with Crippen LogP contribution in [0.2, 0.25) is 0 Å². The van der Waals surface area contributed by atoms with E-state index in [0.717, 1.165) is 20.8 Å². The summed E-state index contributed by atoms with van der Waals surface area (Å²) < 4.78 is 39.7. The van der Waals surface area contributed by atoms with E-state index in [1.165, 1.54) is 6.20 Å². The number of hydrogen-bond acceptors (Lipinski definition) is 1. The van der Waals surface area contributed by atoms with Crippen LogP contribution in [-0.2, 0) is 12.7 Å². The minimum Gasteiger partial charge on any atom is -0.323 e. The fraction of sp³-hybridized carbons (Fsp3) is 0.182. The summed E-state index contributed by atoms with van der Waals surface area (Å²) in [6.07, 6.45) is -1.94. The van der Waals surface area contributed by atoms with Crippen molar-refractivity contribution in [2.75, 3.05) is 0 Å². The first kappa shape index (κ1) is 12.2.